The smallest absolute Gasteiger partial charge is 0.272 e. The fourth-order valence-electron chi connectivity index (χ4n) is 3.58. The standard InChI is InChI=1S/C25H25N3O2S/c1-16-13-22-23(14-17(16)2)28(25(30)18(3)27-22)15-19-6-8-20(9-7-19)24(29)26-11-10-21-5-4-12-31-21/h4-9,12-14H,10-11,15H2,1-3H3,(H,26,29). The SMILES string of the molecule is Cc1cc2nc(C)c(=O)n(Cc3ccc(C(=O)NCCc4cccs4)cc3)c2cc1C. The zero-order valence-electron chi connectivity index (χ0n) is 17.9. The lowest BCUT2D eigenvalue weighted by molar-refractivity contribution is 0.0954. The normalized spacial score (nSPS) is 11.1. The maximum absolute atomic E-state index is 12.8. The molecule has 0 bridgehead atoms. The molecule has 0 unspecified atom stereocenters. The summed E-state index contributed by atoms with van der Waals surface area (Å²) >= 11 is 1.69. The van der Waals surface area contributed by atoms with Crippen molar-refractivity contribution in [2.75, 3.05) is 6.54 Å². The molecule has 0 radical (unpaired) electrons. The minimum atomic E-state index is -0.0915. The van der Waals surface area contributed by atoms with Gasteiger partial charge >= 0.3 is 0 Å². The molecule has 0 saturated heterocycles. The number of hydrogen-bond donors (Lipinski definition) is 1. The van der Waals surface area contributed by atoms with Gasteiger partial charge in [-0.2, -0.15) is 0 Å². The van der Waals surface area contributed by atoms with Crippen LogP contribution in [0.4, 0.5) is 0 Å². The lowest BCUT2D eigenvalue weighted by atomic mass is 10.1. The van der Waals surface area contributed by atoms with Gasteiger partial charge in [0, 0.05) is 17.0 Å². The summed E-state index contributed by atoms with van der Waals surface area (Å²) in [7, 11) is 0. The molecule has 6 heteroatoms. The highest BCUT2D eigenvalue weighted by Gasteiger charge is 2.11. The molecule has 0 fully saturated rings. The third kappa shape index (κ3) is 4.59. The third-order valence-corrected chi connectivity index (χ3v) is 6.45. The van der Waals surface area contributed by atoms with Crippen molar-refractivity contribution in [2.24, 2.45) is 0 Å². The molecule has 2 aromatic carbocycles. The van der Waals surface area contributed by atoms with Gasteiger partial charge < -0.3 is 9.88 Å². The summed E-state index contributed by atoms with van der Waals surface area (Å²) < 4.78 is 1.76. The number of nitrogens with zero attached hydrogens (tertiary/aromatic N) is 2. The summed E-state index contributed by atoms with van der Waals surface area (Å²) in [4.78, 5) is 31.0. The Kier molecular flexibility index (Phi) is 6.00. The first-order valence-corrected chi connectivity index (χ1v) is 11.2. The maximum Gasteiger partial charge on any atom is 0.272 e. The lowest BCUT2D eigenvalue weighted by Gasteiger charge is -2.13. The number of nitrogens with one attached hydrogen (secondary N) is 1. The number of aromatic nitrogens is 2. The maximum atomic E-state index is 12.8. The predicted molar refractivity (Wildman–Crippen MR) is 126 cm³/mol. The van der Waals surface area contributed by atoms with Gasteiger partial charge in [0.15, 0.2) is 0 Å². The number of carbonyl (C=O) groups is 1. The van der Waals surface area contributed by atoms with Crippen molar-refractivity contribution in [1.82, 2.24) is 14.9 Å². The number of aryl methyl sites for hydroxylation is 3. The Morgan fingerprint density at radius 1 is 1.06 bits per heavy atom. The van der Waals surface area contributed by atoms with Crippen LogP contribution in [0.5, 0.6) is 0 Å². The van der Waals surface area contributed by atoms with E-state index in [9.17, 15) is 9.59 Å². The van der Waals surface area contributed by atoms with Crippen LogP contribution in [-0.4, -0.2) is 22.0 Å². The molecule has 4 aromatic rings. The zero-order valence-corrected chi connectivity index (χ0v) is 18.8. The van der Waals surface area contributed by atoms with Gasteiger partial charge in [0.2, 0.25) is 0 Å². The Balaban J connectivity index is 1.52. The summed E-state index contributed by atoms with van der Waals surface area (Å²) in [6, 6.07) is 15.6. The van der Waals surface area contributed by atoms with Crippen molar-refractivity contribution in [3.8, 4) is 0 Å². The van der Waals surface area contributed by atoms with Crippen molar-refractivity contribution in [3.05, 3.63) is 97.1 Å². The molecule has 158 valence electrons. The topological polar surface area (TPSA) is 64.0 Å². The Hall–Kier alpha value is -3.25. The Bertz CT molecular complexity index is 1290. The van der Waals surface area contributed by atoms with Gasteiger partial charge in [-0.1, -0.05) is 18.2 Å². The number of carbonyl (C=O) groups excluding carboxylic acids is 1. The van der Waals surface area contributed by atoms with E-state index in [1.165, 1.54) is 4.88 Å². The van der Waals surface area contributed by atoms with E-state index in [4.69, 9.17) is 0 Å². The van der Waals surface area contributed by atoms with E-state index >= 15 is 0 Å². The summed E-state index contributed by atoms with van der Waals surface area (Å²) in [5.41, 5.74) is 5.89. The summed E-state index contributed by atoms with van der Waals surface area (Å²) in [5.74, 6) is -0.0865. The Labute approximate surface area is 185 Å². The van der Waals surface area contributed by atoms with Crippen LogP contribution in [0.1, 0.15) is 37.6 Å². The second-order valence-corrected chi connectivity index (χ2v) is 8.83. The molecule has 0 aliphatic carbocycles. The fourth-order valence-corrected chi connectivity index (χ4v) is 4.29. The first-order chi connectivity index (χ1) is 14.9. The molecule has 2 aromatic heterocycles. The van der Waals surface area contributed by atoms with Gasteiger partial charge in [-0.25, -0.2) is 4.98 Å². The van der Waals surface area contributed by atoms with Gasteiger partial charge in [-0.3, -0.25) is 9.59 Å². The lowest BCUT2D eigenvalue weighted by Crippen LogP contribution is -2.26. The molecule has 0 aliphatic rings. The largest absolute Gasteiger partial charge is 0.352 e. The summed E-state index contributed by atoms with van der Waals surface area (Å²) in [6.45, 7) is 6.87. The van der Waals surface area contributed by atoms with Gasteiger partial charge in [0.25, 0.3) is 11.5 Å². The second kappa shape index (κ2) is 8.86. The van der Waals surface area contributed by atoms with Crippen LogP contribution in [0.15, 0.2) is 58.7 Å². The van der Waals surface area contributed by atoms with Crippen LogP contribution < -0.4 is 10.9 Å². The van der Waals surface area contributed by atoms with Crippen molar-refractivity contribution in [3.63, 3.8) is 0 Å². The molecule has 1 amide bonds. The highest BCUT2D eigenvalue weighted by Crippen LogP contribution is 2.18. The Morgan fingerprint density at radius 2 is 1.81 bits per heavy atom. The first kappa shape index (κ1) is 21.0. The van der Waals surface area contributed by atoms with E-state index < -0.39 is 0 Å². The van der Waals surface area contributed by atoms with Gasteiger partial charge in [0.1, 0.15) is 5.69 Å². The Morgan fingerprint density at radius 3 is 2.52 bits per heavy atom. The number of benzene rings is 2. The quantitative estimate of drug-likeness (QED) is 0.492. The summed E-state index contributed by atoms with van der Waals surface area (Å²) in [6.07, 6.45) is 0.831. The first-order valence-electron chi connectivity index (χ1n) is 10.3. The van der Waals surface area contributed by atoms with Gasteiger partial charge in [-0.05, 0) is 79.6 Å². The number of rotatable bonds is 6. The van der Waals surface area contributed by atoms with Crippen LogP contribution in [0.25, 0.3) is 11.0 Å². The molecule has 31 heavy (non-hydrogen) atoms. The van der Waals surface area contributed by atoms with Crippen molar-refractivity contribution in [2.45, 2.75) is 33.7 Å². The number of hydrogen-bond acceptors (Lipinski definition) is 4. The minimum absolute atomic E-state index is 0.0865. The molecule has 2 heterocycles. The molecule has 1 N–H and O–H groups in total. The molecular weight excluding hydrogens is 406 g/mol. The summed E-state index contributed by atoms with van der Waals surface area (Å²) in [5, 5.41) is 5.00. The minimum Gasteiger partial charge on any atom is -0.352 e. The third-order valence-electron chi connectivity index (χ3n) is 5.52. The van der Waals surface area contributed by atoms with Crippen molar-refractivity contribution >= 4 is 28.3 Å². The number of fused-ring (bicyclic) bond motifs is 1. The predicted octanol–water partition coefficient (Wildman–Crippen LogP) is 4.40. The average molecular weight is 432 g/mol. The zero-order chi connectivity index (χ0) is 22.0. The van der Waals surface area contributed by atoms with Crippen LogP contribution in [0, 0.1) is 20.8 Å². The fraction of sp³-hybridized carbons (Fsp3) is 0.240. The van der Waals surface area contributed by atoms with Gasteiger partial charge in [0.05, 0.1) is 17.6 Å². The van der Waals surface area contributed by atoms with Crippen molar-refractivity contribution < 1.29 is 4.79 Å². The van der Waals surface area contributed by atoms with E-state index in [0.717, 1.165) is 34.1 Å². The monoisotopic (exact) mass is 431 g/mol. The molecular formula is C25H25N3O2S. The average Bonchev–Trinajstić information content (AvgIpc) is 3.27. The second-order valence-electron chi connectivity index (χ2n) is 7.80. The van der Waals surface area contributed by atoms with E-state index in [-0.39, 0.29) is 11.5 Å². The van der Waals surface area contributed by atoms with Crippen LogP contribution in [-0.2, 0) is 13.0 Å². The molecule has 0 atom stereocenters. The van der Waals surface area contributed by atoms with E-state index in [2.05, 4.69) is 16.4 Å². The van der Waals surface area contributed by atoms with E-state index in [0.29, 0.717) is 24.3 Å². The van der Waals surface area contributed by atoms with Crippen molar-refractivity contribution in [1.29, 1.82) is 0 Å². The molecule has 0 saturated carbocycles. The van der Waals surface area contributed by atoms with Crippen LogP contribution in [0.3, 0.4) is 0 Å². The van der Waals surface area contributed by atoms with Crippen LogP contribution in [0.2, 0.25) is 0 Å². The van der Waals surface area contributed by atoms with Gasteiger partial charge in [-0.15, -0.1) is 11.3 Å². The van der Waals surface area contributed by atoms with Crippen LogP contribution >= 0.6 is 11.3 Å². The molecule has 4 rings (SSSR count). The number of thiophene rings is 1. The highest BCUT2D eigenvalue weighted by molar-refractivity contribution is 7.09. The van der Waals surface area contributed by atoms with E-state index in [1.54, 1.807) is 22.8 Å². The molecule has 0 spiro atoms. The highest BCUT2D eigenvalue weighted by atomic mass is 32.1. The molecule has 5 nitrogen and oxygen atoms in total. The number of amides is 1. The van der Waals surface area contributed by atoms with E-state index in [1.807, 2.05) is 61.7 Å². The molecule has 0 aliphatic heterocycles.